The highest BCUT2D eigenvalue weighted by Gasteiger charge is 2.34. The van der Waals surface area contributed by atoms with Crippen LogP contribution in [0.4, 0.5) is 11.4 Å². The molecule has 0 saturated carbocycles. The highest BCUT2D eigenvalue weighted by molar-refractivity contribution is 6.09. The largest absolute Gasteiger partial charge is 0.497 e. The minimum atomic E-state index is -3.16. The first-order valence-corrected chi connectivity index (χ1v) is 10.3. The zero-order chi connectivity index (χ0) is 31.0. The number of nitrogens with two attached hydrogens (primary N) is 1. The van der Waals surface area contributed by atoms with Gasteiger partial charge in [-0.05, 0) is 67.7 Å². The van der Waals surface area contributed by atoms with Crippen molar-refractivity contribution in [2.75, 3.05) is 30.0 Å². The molecule has 9 nitrogen and oxygen atoms in total. The van der Waals surface area contributed by atoms with Gasteiger partial charge >= 0.3 is 0 Å². The van der Waals surface area contributed by atoms with Crippen LogP contribution in [0.3, 0.4) is 0 Å². The summed E-state index contributed by atoms with van der Waals surface area (Å²) in [6.45, 7) is -3.11. The third-order valence-corrected chi connectivity index (χ3v) is 5.51. The van der Waals surface area contributed by atoms with Crippen molar-refractivity contribution in [3.8, 4) is 11.4 Å². The molecule has 2 N–H and O–H groups in total. The first kappa shape index (κ1) is 14.2. The molecule has 1 fully saturated rings. The molecule has 174 valence electrons. The minimum Gasteiger partial charge on any atom is -0.497 e. The average Bonchev–Trinajstić information content (AvgIpc) is 3.30. The smallest absolute Gasteiger partial charge is 0.277 e. The summed E-state index contributed by atoms with van der Waals surface area (Å²) < 4.78 is 71.5. The molecular weight excluding hydrogens is 434 g/mol. The normalized spacial score (nSPS) is 25.3. The fourth-order valence-corrected chi connectivity index (χ4v) is 3.84. The number of methoxy groups -OCH3 is 1. The summed E-state index contributed by atoms with van der Waals surface area (Å²) in [5.41, 5.74) is 5.69. The maximum Gasteiger partial charge on any atom is 0.277 e. The van der Waals surface area contributed by atoms with Gasteiger partial charge in [0, 0.05) is 44.6 Å². The monoisotopic (exact) mass is 467 g/mol. The molecule has 1 saturated heterocycles. The predicted octanol–water partition coefficient (Wildman–Crippen LogP) is 2.70. The third kappa shape index (κ3) is 3.68. The lowest BCUT2D eigenvalue weighted by Gasteiger charge is -2.29. The molecule has 0 atom stereocenters. The second kappa shape index (κ2) is 8.66. The number of amides is 3. The summed E-state index contributed by atoms with van der Waals surface area (Å²) in [4.78, 5) is 40.6. The van der Waals surface area contributed by atoms with Crippen LogP contribution < -0.4 is 20.3 Å². The van der Waals surface area contributed by atoms with Crippen molar-refractivity contribution in [1.29, 1.82) is 0 Å². The van der Waals surface area contributed by atoms with Gasteiger partial charge in [-0.1, -0.05) is 0 Å². The lowest BCUT2D eigenvalue weighted by Crippen LogP contribution is -2.39. The van der Waals surface area contributed by atoms with E-state index < -0.39 is 56.3 Å². The second-order valence-corrected chi connectivity index (χ2v) is 7.46. The van der Waals surface area contributed by atoms with E-state index in [-0.39, 0.29) is 28.3 Å². The van der Waals surface area contributed by atoms with Gasteiger partial charge in [0.2, 0.25) is 5.91 Å². The molecule has 0 bridgehead atoms. The van der Waals surface area contributed by atoms with Crippen LogP contribution in [0.5, 0.6) is 5.75 Å². The van der Waals surface area contributed by atoms with Gasteiger partial charge in [0.1, 0.15) is 11.4 Å². The van der Waals surface area contributed by atoms with Crippen LogP contribution in [-0.2, 0) is 11.2 Å². The lowest BCUT2D eigenvalue weighted by atomic mass is 10.0. The van der Waals surface area contributed by atoms with Crippen molar-refractivity contribution in [3.63, 3.8) is 0 Å². The van der Waals surface area contributed by atoms with E-state index in [0.717, 1.165) is 9.80 Å². The van der Waals surface area contributed by atoms with E-state index in [9.17, 15) is 14.4 Å². The van der Waals surface area contributed by atoms with Gasteiger partial charge in [-0.15, -0.1) is 0 Å². The molecule has 5 rings (SSSR count). The Kier molecular flexibility index (Phi) is 3.62. The molecule has 0 unspecified atom stereocenters. The van der Waals surface area contributed by atoms with Crippen molar-refractivity contribution in [1.82, 2.24) is 9.78 Å². The summed E-state index contributed by atoms with van der Waals surface area (Å²) in [6.07, 6.45) is -9.40. The molecule has 3 amide bonds. The Hall–Kier alpha value is -4.14. The Morgan fingerprint density at radius 3 is 2.29 bits per heavy atom. The molecular formula is C25H25N5O4. The number of carbonyl (C=O) groups excluding carboxylic acids is 3. The summed E-state index contributed by atoms with van der Waals surface area (Å²) >= 11 is 0. The molecule has 3 heterocycles. The van der Waals surface area contributed by atoms with Crippen LogP contribution >= 0.6 is 0 Å². The minimum absolute atomic E-state index is 0.0250. The van der Waals surface area contributed by atoms with Crippen molar-refractivity contribution >= 4 is 29.1 Å². The number of primary amides is 1. The van der Waals surface area contributed by atoms with E-state index in [2.05, 4.69) is 5.10 Å². The van der Waals surface area contributed by atoms with Crippen LogP contribution in [0.2, 0.25) is 0 Å². The summed E-state index contributed by atoms with van der Waals surface area (Å²) in [6, 6.07) is 11.6. The maximum absolute atomic E-state index is 13.9. The molecule has 2 aliphatic rings. The number of anilines is 2. The third-order valence-electron chi connectivity index (χ3n) is 5.51. The Labute approximate surface area is 207 Å². The van der Waals surface area contributed by atoms with E-state index >= 15 is 0 Å². The van der Waals surface area contributed by atoms with Gasteiger partial charge in [0.15, 0.2) is 5.69 Å². The molecule has 0 radical (unpaired) electrons. The van der Waals surface area contributed by atoms with Crippen LogP contribution in [-0.4, -0.2) is 47.7 Å². The SMILES string of the molecule is [2H]C1([2H])Cc2c(C(N)=O)nn(-c3ccc(OC)cc3)c2C(=O)N1c1ccc(N2CC([2H])([2H])C([2H])([2H])C([2H])([2H])C2=O)cc1. The van der Waals surface area contributed by atoms with Crippen LogP contribution in [0, 0.1) is 0 Å². The Balaban J connectivity index is 1.55. The van der Waals surface area contributed by atoms with Crippen LogP contribution in [0.15, 0.2) is 48.5 Å². The first-order valence-electron chi connectivity index (χ1n) is 14.3. The van der Waals surface area contributed by atoms with Crippen LogP contribution in [0.25, 0.3) is 5.69 Å². The van der Waals surface area contributed by atoms with Crippen molar-refractivity contribution in [3.05, 3.63) is 65.5 Å². The zero-order valence-electron chi connectivity index (χ0n) is 26.0. The highest BCUT2D eigenvalue weighted by atomic mass is 16.5. The number of benzene rings is 2. The Bertz CT molecular complexity index is 1610. The summed E-state index contributed by atoms with van der Waals surface area (Å²) in [7, 11) is 1.48. The number of hydrogen-bond acceptors (Lipinski definition) is 5. The quantitative estimate of drug-likeness (QED) is 0.620. The molecule has 0 spiro atoms. The van der Waals surface area contributed by atoms with Crippen molar-refractivity contribution in [2.24, 2.45) is 5.73 Å². The molecule has 1 aromatic heterocycles. The molecule has 3 aromatic rings. The summed E-state index contributed by atoms with van der Waals surface area (Å²) in [5, 5.41) is 4.22. The number of ether oxygens (including phenoxy) is 1. The number of nitrogens with zero attached hydrogens (tertiary/aromatic N) is 4. The number of rotatable bonds is 5. The molecule has 2 aliphatic heterocycles. The number of carbonyl (C=O) groups is 3. The van der Waals surface area contributed by atoms with Gasteiger partial charge < -0.3 is 20.3 Å². The predicted molar refractivity (Wildman–Crippen MR) is 127 cm³/mol. The van der Waals surface area contributed by atoms with Crippen molar-refractivity contribution < 1.29 is 30.1 Å². The molecule has 2 aromatic carbocycles. The van der Waals surface area contributed by atoms with E-state index in [4.69, 9.17) is 21.4 Å². The highest BCUT2D eigenvalue weighted by Crippen LogP contribution is 2.31. The lowest BCUT2D eigenvalue weighted by molar-refractivity contribution is -0.119. The molecule has 34 heavy (non-hydrogen) atoms. The second-order valence-electron chi connectivity index (χ2n) is 7.46. The standard InChI is InChI=1S/C25H25N5O4/c1-34-19-11-9-18(10-12-19)30-23-20(22(27-30)24(26)32)13-15-29(25(23)33)17-7-5-16(6-8-17)28-14-3-2-4-21(28)31/h5-12H,2-4,13-15H2,1H3,(H2,26,32)/i2D2,3D2,4D2,15D2. The fraction of sp³-hybridized carbons (Fsp3) is 0.280. The van der Waals surface area contributed by atoms with Gasteiger partial charge in [-0.3, -0.25) is 14.4 Å². The number of fused-ring (bicyclic) bond motifs is 1. The average molecular weight is 468 g/mol. The first-order chi connectivity index (χ1) is 19.4. The number of hydrogen-bond donors (Lipinski definition) is 1. The maximum atomic E-state index is 13.9. The summed E-state index contributed by atoms with van der Waals surface area (Å²) in [5.74, 6) is -2.51. The topological polar surface area (TPSA) is 111 Å². The van der Waals surface area contributed by atoms with Gasteiger partial charge in [-0.2, -0.15) is 5.10 Å². The number of aromatic nitrogens is 2. The number of piperidine rings is 1. The zero-order valence-corrected chi connectivity index (χ0v) is 18.0. The fourth-order valence-electron chi connectivity index (χ4n) is 3.84. The van der Waals surface area contributed by atoms with E-state index in [1.165, 1.54) is 36.1 Å². The van der Waals surface area contributed by atoms with E-state index in [0.29, 0.717) is 11.4 Å². The van der Waals surface area contributed by atoms with Crippen molar-refractivity contribution in [2.45, 2.75) is 25.5 Å². The Morgan fingerprint density at radius 2 is 1.65 bits per heavy atom. The Morgan fingerprint density at radius 1 is 1.00 bits per heavy atom. The van der Waals surface area contributed by atoms with Gasteiger partial charge in [-0.25, -0.2) is 4.68 Å². The molecule has 0 aliphatic carbocycles. The van der Waals surface area contributed by atoms with Crippen LogP contribution in [0.1, 0.15) is 56.6 Å². The van der Waals surface area contributed by atoms with E-state index in [1.807, 2.05) is 0 Å². The van der Waals surface area contributed by atoms with Gasteiger partial charge in [0.05, 0.1) is 15.5 Å². The van der Waals surface area contributed by atoms with E-state index in [1.54, 1.807) is 24.3 Å². The molecule has 9 heteroatoms. The van der Waals surface area contributed by atoms with Gasteiger partial charge in [0.25, 0.3) is 11.8 Å².